The van der Waals surface area contributed by atoms with Crippen LogP contribution in [0.5, 0.6) is 0 Å². The first-order valence-corrected chi connectivity index (χ1v) is 8.87. The van der Waals surface area contributed by atoms with Crippen LogP contribution in [0.4, 0.5) is 0 Å². The molecular weight excluding hydrogens is 344 g/mol. The van der Waals surface area contributed by atoms with E-state index in [0.29, 0.717) is 29.9 Å². The number of likely N-dealkylation sites (tertiary alicyclic amines) is 1. The number of rotatable bonds is 3. The lowest BCUT2D eigenvalue weighted by molar-refractivity contribution is -0.141. The van der Waals surface area contributed by atoms with Crippen molar-refractivity contribution in [3.8, 4) is 11.3 Å². The maximum atomic E-state index is 13.2. The molecule has 1 fully saturated rings. The van der Waals surface area contributed by atoms with E-state index in [2.05, 4.69) is 5.10 Å². The summed E-state index contributed by atoms with van der Waals surface area (Å²) in [6.45, 7) is 2.53. The van der Waals surface area contributed by atoms with Crippen molar-refractivity contribution in [1.82, 2.24) is 19.7 Å². The Labute approximate surface area is 156 Å². The SMILES string of the molecule is Cc1nn(C)c2nc(-c3ccccc3)cc(C(=O)N3CC[C@@H](C(=O)O)C3)c12. The highest BCUT2D eigenvalue weighted by Gasteiger charge is 2.32. The van der Waals surface area contributed by atoms with Crippen LogP contribution in [0.15, 0.2) is 36.4 Å². The summed E-state index contributed by atoms with van der Waals surface area (Å²) in [7, 11) is 1.81. The molecule has 0 unspecified atom stereocenters. The van der Waals surface area contributed by atoms with E-state index in [9.17, 15) is 14.7 Å². The van der Waals surface area contributed by atoms with Crippen molar-refractivity contribution in [3.05, 3.63) is 47.7 Å². The van der Waals surface area contributed by atoms with Gasteiger partial charge in [0.1, 0.15) is 0 Å². The topological polar surface area (TPSA) is 88.3 Å². The van der Waals surface area contributed by atoms with E-state index in [1.807, 2.05) is 44.3 Å². The van der Waals surface area contributed by atoms with Crippen molar-refractivity contribution in [2.24, 2.45) is 13.0 Å². The molecule has 3 aromatic rings. The molecule has 1 aromatic carbocycles. The molecule has 1 atom stereocenters. The van der Waals surface area contributed by atoms with Gasteiger partial charge in [0.15, 0.2) is 5.65 Å². The summed E-state index contributed by atoms with van der Waals surface area (Å²) in [6.07, 6.45) is 0.479. The van der Waals surface area contributed by atoms with Gasteiger partial charge in [0, 0.05) is 25.7 Å². The van der Waals surface area contributed by atoms with Crippen LogP contribution in [0.1, 0.15) is 22.5 Å². The van der Waals surface area contributed by atoms with Crippen LogP contribution in [0.25, 0.3) is 22.3 Å². The molecule has 1 aliphatic rings. The Bertz CT molecular complexity index is 1040. The van der Waals surface area contributed by atoms with Gasteiger partial charge in [0.05, 0.1) is 28.3 Å². The molecule has 138 valence electrons. The highest BCUT2D eigenvalue weighted by molar-refractivity contribution is 6.07. The van der Waals surface area contributed by atoms with E-state index in [1.54, 1.807) is 15.6 Å². The van der Waals surface area contributed by atoms with Crippen molar-refractivity contribution in [2.45, 2.75) is 13.3 Å². The van der Waals surface area contributed by atoms with Gasteiger partial charge < -0.3 is 10.0 Å². The van der Waals surface area contributed by atoms with Gasteiger partial charge in [-0.25, -0.2) is 4.98 Å². The average molecular weight is 364 g/mol. The predicted molar refractivity (Wildman–Crippen MR) is 100 cm³/mol. The number of aromatic nitrogens is 3. The lowest BCUT2D eigenvalue weighted by Gasteiger charge is -2.17. The Hall–Kier alpha value is -3.22. The fourth-order valence-electron chi connectivity index (χ4n) is 3.69. The Morgan fingerprint density at radius 1 is 1.22 bits per heavy atom. The van der Waals surface area contributed by atoms with E-state index >= 15 is 0 Å². The zero-order valence-corrected chi connectivity index (χ0v) is 15.2. The molecule has 1 saturated heterocycles. The van der Waals surface area contributed by atoms with Gasteiger partial charge in [0.2, 0.25) is 0 Å². The van der Waals surface area contributed by atoms with Crippen molar-refractivity contribution in [3.63, 3.8) is 0 Å². The predicted octanol–water partition coefficient (Wildman–Crippen LogP) is 2.49. The van der Waals surface area contributed by atoms with Gasteiger partial charge in [-0.1, -0.05) is 30.3 Å². The van der Waals surface area contributed by atoms with Crippen molar-refractivity contribution in [2.75, 3.05) is 13.1 Å². The fourth-order valence-corrected chi connectivity index (χ4v) is 3.69. The molecule has 0 radical (unpaired) electrons. The van der Waals surface area contributed by atoms with Crippen LogP contribution in [0.3, 0.4) is 0 Å². The Kier molecular flexibility index (Phi) is 4.14. The third kappa shape index (κ3) is 2.95. The van der Waals surface area contributed by atoms with Crippen LogP contribution in [-0.2, 0) is 11.8 Å². The number of hydrogen-bond acceptors (Lipinski definition) is 4. The van der Waals surface area contributed by atoms with E-state index < -0.39 is 11.9 Å². The first-order valence-electron chi connectivity index (χ1n) is 8.87. The second kappa shape index (κ2) is 6.50. The van der Waals surface area contributed by atoms with Crippen LogP contribution in [0.2, 0.25) is 0 Å². The second-order valence-corrected chi connectivity index (χ2v) is 6.90. The molecule has 0 aliphatic carbocycles. The molecule has 7 heteroatoms. The molecule has 1 amide bonds. The normalized spacial score (nSPS) is 16.8. The lowest BCUT2D eigenvalue weighted by Crippen LogP contribution is -2.30. The van der Waals surface area contributed by atoms with Gasteiger partial charge >= 0.3 is 5.97 Å². The summed E-state index contributed by atoms with van der Waals surface area (Å²) in [6, 6.07) is 11.5. The molecule has 1 aliphatic heterocycles. The van der Waals surface area contributed by atoms with Gasteiger partial charge in [-0.15, -0.1) is 0 Å². The van der Waals surface area contributed by atoms with E-state index in [1.165, 1.54) is 0 Å². The monoisotopic (exact) mass is 364 g/mol. The summed E-state index contributed by atoms with van der Waals surface area (Å²) in [5, 5.41) is 14.4. The Balaban J connectivity index is 1.84. The molecular formula is C20H20N4O3. The van der Waals surface area contributed by atoms with E-state index in [4.69, 9.17) is 4.98 Å². The minimum Gasteiger partial charge on any atom is -0.481 e. The van der Waals surface area contributed by atoms with Gasteiger partial charge in [-0.05, 0) is 19.4 Å². The number of hydrogen-bond donors (Lipinski definition) is 1. The minimum absolute atomic E-state index is 0.167. The van der Waals surface area contributed by atoms with E-state index in [-0.39, 0.29) is 12.5 Å². The highest BCUT2D eigenvalue weighted by Crippen LogP contribution is 2.29. The number of fused-ring (bicyclic) bond motifs is 1. The third-order valence-electron chi connectivity index (χ3n) is 5.09. The fraction of sp³-hybridized carbons (Fsp3) is 0.300. The maximum absolute atomic E-state index is 13.2. The van der Waals surface area contributed by atoms with E-state index in [0.717, 1.165) is 16.6 Å². The number of benzene rings is 1. The first kappa shape index (κ1) is 17.2. The van der Waals surface area contributed by atoms with Crippen LogP contribution in [0, 0.1) is 12.8 Å². The first-order chi connectivity index (χ1) is 13.0. The molecule has 0 bridgehead atoms. The third-order valence-corrected chi connectivity index (χ3v) is 5.09. The summed E-state index contributed by atoms with van der Waals surface area (Å²) < 4.78 is 1.68. The number of carbonyl (C=O) groups excluding carboxylic acids is 1. The second-order valence-electron chi connectivity index (χ2n) is 6.90. The average Bonchev–Trinajstić information content (AvgIpc) is 3.27. The molecule has 0 spiro atoms. The standard InChI is InChI=1S/C20H20N4O3/c1-12-17-15(19(25)24-9-8-14(11-24)20(26)27)10-16(13-6-4-3-5-7-13)21-18(17)23(2)22-12/h3-7,10,14H,8-9,11H2,1-2H3,(H,26,27)/t14-/m1/s1. The Morgan fingerprint density at radius 2 is 1.96 bits per heavy atom. The molecule has 3 heterocycles. The van der Waals surface area contributed by atoms with Crippen molar-refractivity contribution >= 4 is 22.9 Å². The zero-order valence-electron chi connectivity index (χ0n) is 15.2. The molecule has 27 heavy (non-hydrogen) atoms. The number of pyridine rings is 1. The summed E-state index contributed by atoms with van der Waals surface area (Å²) >= 11 is 0. The lowest BCUT2D eigenvalue weighted by atomic mass is 10.0. The van der Waals surface area contributed by atoms with Crippen molar-refractivity contribution < 1.29 is 14.7 Å². The largest absolute Gasteiger partial charge is 0.481 e. The van der Waals surface area contributed by atoms with Gasteiger partial charge in [0.25, 0.3) is 5.91 Å². The van der Waals surface area contributed by atoms with Crippen molar-refractivity contribution in [1.29, 1.82) is 0 Å². The molecule has 4 rings (SSSR count). The number of carboxylic acids is 1. The number of carboxylic acid groups (broad SMARTS) is 1. The summed E-state index contributed by atoms with van der Waals surface area (Å²) in [5.74, 6) is -1.53. The molecule has 1 N–H and O–H groups in total. The number of aliphatic carboxylic acids is 1. The number of nitrogens with zero attached hydrogens (tertiary/aromatic N) is 4. The number of aryl methyl sites for hydroxylation is 2. The Morgan fingerprint density at radius 3 is 2.63 bits per heavy atom. The van der Waals surface area contributed by atoms with Crippen LogP contribution < -0.4 is 0 Å². The summed E-state index contributed by atoms with van der Waals surface area (Å²) in [5.41, 5.74) is 3.51. The smallest absolute Gasteiger partial charge is 0.308 e. The quantitative estimate of drug-likeness (QED) is 0.771. The maximum Gasteiger partial charge on any atom is 0.308 e. The molecule has 0 saturated carbocycles. The summed E-state index contributed by atoms with van der Waals surface area (Å²) in [4.78, 5) is 30.8. The molecule has 7 nitrogen and oxygen atoms in total. The van der Waals surface area contributed by atoms with Gasteiger partial charge in [-0.3, -0.25) is 14.3 Å². The van der Waals surface area contributed by atoms with Crippen LogP contribution >= 0.6 is 0 Å². The number of amides is 1. The minimum atomic E-state index is -0.854. The number of carbonyl (C=O) groups is 2. The zero-order chi connectivity index (χ0) is 19.1. The molecule has 2 aromatic heterocycles. The highest BCUT2D eigenvalue weighted by atomic mass is 16.4. The van der Waals surface area contributed by atoms with Crippen LogP contribution in [-0.4, -0.2) is 49.7 Å². The van der Waals surface area contributed by atoms with Gasteiger partial charge in [-0.2, -0.15) is 5.10 Å².